The van der Waals surface area contributed by atoms with E-state index in [1.165, 1.54) is 0 Å². The summed E-state index contributed by atoms with van der Waals surface area (Å²) in [6.45, 7) is 5.26. The predicted octanol–water partition coefficient (Wildman–Crippen LogP) is 1.83. The molecule has 0 aromatic heterocycles. The molecule has 1 aromatic rings. The first-order valence-electron chi connectivity index (χ1n) is 6.74. The van der Waals surface area contributed by atoms with Crippen LogP contribution in [0.3, 0.4) is 0 Å². The van der Waals surface area contributed by atoms with Gasteiger partial charge in [-0.05, 0) is 44.4 Å². The zero-order valence-electron chi connectivity index (χ0n) is 11.6. The van der Waals surface area contributed by atoms with Gasteiger partial charge in [-0.2, -0.15) is 0 Å². The Balaban J connectivity index is 2.00. The molecule has 1 aromatic carbocycles. The van der Waals surface area contributed by atoms with E-state index in [-0.39, 0.29) is 17.6 Å². The van der Waals surface area contributed by atoms with Gasteiger partial charge in [-0.15, -0.1) is 0 Å². The molecule has 1 atom stereocenters. The van der Waals surface area contributed by atoms with Gasteiger partial charge in [-0.3, -0.25) is 4.79 Å². The molecule has 0 aliphatic carbocycles. The quantitative estimate of drug-likeness (QED) is 0.873. The van der Waals surface area contributed by atoms with E-state index in [0.717, 1.165) is 18.4 Å². The van der Waals surface area contributed by atoms with Crippen LogP contribution in [0.2, 0.25) is 0 Å². The second kappa shape index (κ2) is 5.72. The molecule has 4 nitrogen and oxygen atoms in total. The number of nitrogens with two attached hydrogens (primary N) is 1. The Hall–Kier alpha value is -1.39. The van der Waals surface area contributed by atoms with E-state index < -0.39 is 0 Å². The summed E-state index contributed by atoms with van der Waals surface area (Å²) in [5.74, 6) is -0.0296. The van der Waals surface area contributed by atoms with Crippen molar-refractivity contribution < 1.29 is 9.53 Å². The van der Waals surface area contributed by atoms with Gasteiger partial charge in [0.05, 0.1) is 5.60 Å². The molecule has 3 N–H and O–H groups in total. The van der Waals surface area contributed by atoms with E-state index in [9.17, 15) is 4.79 Å². The SMILES string of the molecule is CC1(C)CC(NC(=O)c2cccc(CN)c2)CCO1. The van der Waals surface area contributed by atoms with Gasteiger partial charge in [-0.25, -0.2) is 0 Å². The molecule has 104 valence electrons. The highest BCUT2D eigenvalue weighted by molar-refractivity contribution is 5.94. The molecule has 2 rings (SSSR count). The van der Waals surface area contributed by atoms with E-state index >= 15 is 0 Å². The van der Waals surface area contributed by atoms with Crippen molar-refractivity contribution in [2.45, 2.75) is 44.9 Å². The summed E-state index contributed by atoms with van der Waals surface area (Å²) < 4.78 is 5.65. The van der Waals surface area contributed by atoms with Crippen LogP contribution in [0.25, 0.3) is 0 Å². The van der Waals surface area contributed by atoms with Crippen LogP contribution in [0.4, 0.5) is 0 Å². The standard InChI is InChI=1S/C15H22N2O2/c1-15(2)9-13(6-7-19-15)17-14(18)12-5-3-4-11(8-12)10-16/h3-5,8,13H,6-7,9-10,16H2,1-2H3,(H,17,18). The Kier molecular flexibility index (Phi) is 4.22. The molecule has 1 saturated heterocycles. The third-order valence-electron chi connectivity index (χ3n) is 3.46. The summed E-state index contributed by atoms with van der Waals surface area (Å²) in [5.41, 5.74) is 7.08. The summed E-state index contributed by atoms with van der Waals surface area (Å²) in [6.07, 6.45) is 1.71. The number of benzene rings is 1. The molecule has 1 heterocycles. The predicted molar refractivity (Wildman–Crippen MR) is 74.9 cm³/mol. The molecular weight excluding hydrogens is 240 g/mol. The smallest absolute Gasteiger partial charge is 0.251 e. The molecule has 1 fully saturated rings. The van der Waals surface area contributed by atoms with Crippen molar-refractivity contribution in [2.24, 2.45) is 5.73 Å². The molecular formula is C15H22N2O2. The summed E-state index contributed by atoms with van der Waals surface area (Å²) in [5, 5.41) is 3.08. The molecule has 1 unspecified atom stereocenters. The maximum atomic E-state index is 12.2. The zero-order valence-corrected chi connectivity index (χ0v) is 11.6. The van der Waals surface area contributed by atoms with Gasteiger partial charge in [0.15, 0.2) is 0 Å². The maximum Gasteiger partial charge on any atom is 0.251 e. The number of nitrogens with one attached hydrogen (secondary N) is 1. The van der Waals surface area contributed by atoms with Crippen LogP contribution in [0.15, 0.2) is 24.3 Å². The number of carbonyl (C=O) groups is 1. The van der Waals surface area contributed by atoms with E-state index in [4.69, 9.17) is 10.5 Å². The Bertz CT molecular complexity index is 457. The number of hydrogen-bond donors (Lipinski definition) is 2. The largest absolute Gasteiger partial charge is 0.375 e. The minimum atomic E-state index is -0.157. The summed E-state index contributed by atoms with van der Waals surface area (Å²) in [6, 6.07) is 7.63. The molecule has 19 heavy (non-hydrogen) atoms. The first-order valence-corrected chi connectivity index (χ1v) is 6.74. The monoisotopic (exact) mass is 262 g/mol. The van der Waals surface area contributed by atoms with E-state index in [1.807, 2.05) is 24.3 Å². The van der Waals surface area contributed by atoms with Crippen molar-refractivity contribution in [3.63, 3.8) is 0 Å². The minimum Gasteiger partial charge on any atom is -0.375 e. The number of rotatable bonds is 3. The average Bonchev–Trinajstić information content (AvgIpc) is 2.37. The van der Waals surface area contributed by atoms with Gasteiger partial charge in [0.1, 0.15) is 0 Å². The third kappa shape index (κ3) is 3.78. The molecule has 0 bridgehead atoms. The van der Waals surface area contributed by atoms with Gasteiger partial charge >= 0.3 is 0 Å². The lowest BCUT2D eigenvalue weighted by atomic mass is 9.93. The molecule has 1 amide bonds. The lowest BCUT2D eigenvalue weighted by Gasteiger charge is -2.35. The van der Waals surface area contributed by atoms with Gasteiger partial charge in [-0.1, -0.05) is 12.1 Å². The molecule has 0 spiro atoms. The Morgan fingerprint density at radius 1 is 1.53 bits per heavy atom. The van der Waals surface area contributed by atoms with Crippen LogP contribution >= 0.6 is 0 Å². The van der Waals surface area contributed by atoms with Crippen molar-refractivity contribution in [1.29, 1.82) is 0 Å². The number of carbonyl (C=O) groups excluding carboxylic acids is 1. The van der Waals surface area contributed by atoms with Crippen LogP contribution in [-0.4, -0.2) is 24.2 Å². The second-order valence-electron chi connectivity index (χ2n) is 5.68. The van der Waals surface area contributed by atoms with Gasteiger partial charge < -0.3 is 15.8 Å². The van der Waals surface area contributed by atoms with Crippen molar-refractivity contribution in [1.82, 2.24) is 5.32 Å². The lowest BCUT2D eigenvalue weighted by molar-refractivity contribution is -0.0615. The molecule has 0 saturated carbocycles. The molecule has 1 aliphatic heterocycles. The fraction of sp³-hybridized carbons (Fsp3) is 0.533. The maximum absolute atomic E-state index is 12.2. The summed E-state index contributed by atoms with van der Waals surface area (Å²) in [4.78, 5) is 12.2. The number of hydrogen-bond acceptors (Lipinski definition) is 3. The summed E-state index contributed by atoms with van der Waals surface area (Å²) in [7, 11) is 0. The zero-order chi connectivity index (χ0) is 13.9. The normalized spacial score (nSPS) is 21.9. The highest BCUT2D eigenvalue weighted by atomic mass is 16.5. The van der Waals surface area contributed by atoms with E-state index in [2.05, 4.69) is 19.2 Å². The van der Waals surface area contributed by atoms with Crippen LogP contribution in [0.5, 0.6) is 0 Å². The Labute approximate surface area is 114 Å². The average molecular weight is 262 g/mol. The van der Waals surface area contributed by atoms with E-state index in [0.29, 0.717) is 18.7 Å². The Morgan fingerprint density at radius 2 is 2.32 bits per heavy atom. The van der Waals surface area contributed by atoms with Crippen molar-refractivity contribution in [3.8, 4) is 0 Å². The lowest BCUT2D eigenvalue weighted by Crippen LogP contribution is -2.45. The van der Waals surface area contributed by atoms with Crippen LogP contribution in [0, 0.1) is 0 Å². The minimum absolute atomic E-state index is 0.0296. The fourth-order valence-corrected chi connectivity index (χ4v) is 2.46. The highest BCUT2D eigenvalue weighted by Gasteiger charge is 2.29. The third-order valence-corrected chi connectivity index (χ3v) is 3.46. The van der Waals surface area contributed by atoms with Gasteiger partial charge in [0.2, 0.25) is 0 Å². The van der Waals surface area contributed by atoms with Gasteiger partial charge in [0, 0.05) is 24.8 Å². The first-order chi connectivity index (χ1) is 9.00. The van der Waals surface area contributed by atoms with Crippen molar-refractivity contribution in [3.05, 3.63) is 35.4 Å². The first kappa shape index (κ1) is 14.0. The number of amides is 1. The van der Waals surface area contributed by atoms with Crippen molar-refractivity contribution >= 4 is 5.91 Å². The second-order valence-corrected chi connectivity index (χ2v) is 5.68. The number of ether oxygens (including phenoxy) is 1. The van der Waals surface area contributed by atoms with Crippen LogP contribution in [0.1, 0.15) is 42.6 Å². The Morgan fingerprint density at radius 3 is 3.00 bits per heavy atom. The molecule has 0 radical (unpaired) electrons. The topological polar surface area (TPSA) is 64.4 Å². The van der Waals surface area contributed by atoms with Gasteiger partial charge in [0.25, 0.3) is 5.91 Å². The molecule has 4 heteroatoms. The highest BCUT2D eigenvalue weighted by Crippen LogP contribution is 2.24. The van der Waals surface area contributed by atoms with Crippen LogP contribution < -0.4 is 11.1 Å². The summed E-state index contributed by atoms with van der Waals surface area (Å²) >= 11 is 0. The molecule has 1 aliphatic rings. The fourth-order valence-electron chi connectivity index (χ4n) is 2.46. The van der Waals surface area contributed by atoms with E-state index in [1.54, 1.807) is 0 Å². The van der Waals surface area contributed by atoms with Crippen LogP contribution in [-0.2, 0) is 11.3 Å². The van der Waals surface area contributed by atoms with Crippen molar-refractivity contribution in [2.75, 3.05) is 6.61 Å².